The summed E-state index contributed by atoms with van der Waals surface area (Å²) < 4.78 is 0. The highest BCUT2D eigenvalue weighted by molar-refractivity contribution is 5.77. The summed E-state index contributed by atoms with van der Waals surface area (Å²) in [6.07, 6.45) is 2.23. The highest BCUT2D eigenvalue weighted by Crippen LogP contribution is 2.24. The minimum atomic E-state index is -0.0714. The number of nitrogens with zero attached hydrogens (tertiary/aromatic N) is 1. The number of carbonyl (C=O) groups excluding carboxylic acids is 1. The van der Waals surface area contributed by atoms with Crippen molar-refractivity contribution in [3.63, 3.8) is 0 Å². The lowest BCUT2D eigenvalue weighted by molar-refractivity contribution is -0.133. The summed E-state index contributed by atoms with van der Waals surface area (Å²) in [5.41, 5.74) is 6.89. The zero-order chi connectivity index (χ0) is 15.1. The molecule has 1 rings (SSSR count). The van der Waals surface area contributed by atoms with Crippen LogP contribution in [0.1, 0.15) is 51.6 Å². The number of nitrogens with two attached hydrogens (primary N) is 1. The maximum atomic E-state index is 12.3. The quantitative estimate of drug-likeness (QED) is 0.806. The van der Waals surface area contributed by atoms with E-state index in [1.165, 1.54) is 0 Å². The topological polar surface area (TPSA) is 66.6 Å². The van der Waals surface area contributed by atoms with Crippen molar-refractivity contribution >= 4 is 5.91 Å². The number of hydrogen-bond acceptors (Lipinski definition) is 3. The normalized spacial score (nSPS) is 13.8. The Kier molecular flexibility index (Phi) is 6.52. The molecule has 1 aromatic rings. The molecule has 3 N–H and O–H groups in total. The van der Waals surface area contributed by atoms with Crippen molar-refractivity contribution in [1.29, 1.82) is 0 Å². The van der Waals surface area contributed by atoms with E-state index in [0.717, 1.165) is 18.4 Å². The maximum Gasteiger partial charge on any atom is 0.224 e. The van der Waals surface area contributed by atoms with Crippen LogP contribution in [0.2, 0.25) is 0 Å². The molecule has 4 nitrogen and oxygen atoms in total. The van der Waals surface area contributed by atoms with Gasteiger partial charge < -0.3 is 15.7 Å². The number of carbonyl (C=O) groups is 1. The molecule has 0 radical (unpaired) electrons. The Morgan fingerprint density at radius 1 is 1.40 bits per heavy atom. The Bertz CT molecular complexity index is 434. The van der Waals surface area contributed by atoms with Gasteiger partial charge >= 0.3 is 0 Å². The van der Waals surface area contributed by atoms with Crippen LogP contribution in [-0.2, 0) is 4.79 Å². The smallest absolute Gasteiger partial charge is 0.224 e. The summed E-state index contributed by atoms with van der Waals surface area (Å²) in [5, 5.41) is 9.55. The molecule has 0 aliphatic rings. The second-order valence-electron chi connectivity index (χ2n) is 5.20. The number of hydrogen-bond donors (Lipinski definition) is 2. The molecule has 0 spiro atoms. The van der Waals surface area contributed by atoms with Crippen LogP contribution in [-0.4, -0.2) is 28.5 Å². The van der Waals surface area contributed by atoms with Gasteiger partial charge in [-0.1, -0.05) is 25.5 Å². The monoisotopic (exact) mass is 278 g/mol. The van der Waals surface area contributed by atoms with Gasteiger partial charge in [-0.05, 0) is 38.0 Å². The first-order chi connectivity index (χ1) is 9.49. The minimum absolute atomic E-state index is 0.0616. The fourth-order valence-electron chi connectivity index (χ4n) is 2.45. The van der Waals surface area contributed by atoms with Crippen molar-refractivity contribution in [1.82, 2.24) is 4.90 Å². The van der Waals surface area contributed by atoms with Gasteiger partial charge in [-0.2, -0.15) is 0 Å². The summed E-state index contributed by atoms with van der Waals surface area (Å²) in [4.78, 5) is 14.2. The van der Waals surface area contributed by atoms with Gasteiger partial charge in [0, 0.05) is 19.0 Å². The first kappa shape index (κ1) is 16.5. The molecule has 0 heterocycles. The van der Waals surface area contributed by atoms with Crippen molar-refractivity contribution in [2.45, 2.75) is 52.1 Å². The molecule has 4 heteroatoms. The summed E-state index contributed by atoms with van der Waals surface area (Å²) in [5.74, 6) is 0.296. The Labute approximate surface area is 121 Å². The van der Waals surface area contributed by atoms with Crippen LogP contribution in [0.15, 0.2) is 24.3 Å². The van der Waals surface area contributed by atoms with Crippen molar-refractivity contribution in [3.8, 4) is 5.75 Å². The molecule has 0 aliphatic carbocycles. The van der Waals surface area contributed by atoms with Gasteiger partial charge in [0.15, 0.2) is 0 Å². The number of aromatic hydroxyl groups is 1. The van der Waals surface area contributed by atoms with Gasteiger partial charge in [0.25, 0.3) is 0 Å². The zero-order valence-electron chi connectivity index (χ0n) is 12.7. The van der Waals surface area contributed by atoms with Crippen LogP contribution < -0.4 is 5.73 Å². The van der Waals surface area contributed by atoms with Crippen molar-refractivity contribution in [2.75, 3.05) is 6.54 Å². The van der Waals surface area contributed by atoms with Gasteiger partial charge in [0.2, 0.25) is 5.91 Å². The molecular formula is C16H26N2O2. The molecule has 0 aliphatic heterocycles. The Morgan fingerprint density at radius 2 is 2.10 bits per heavy atom. The van der Waals surface area contributed by atoms with Crippen LogP contribution in [0.25, 0.3) is 0 Å². The van der Waals surface area contributed by atoms with Crippen LogP contribution >= 0.6 is 0 Å². The van der Waals surface area contributed by atoms with E-state index in [1.54, 1.807) is 18.2 Å². The summed E-state index contributed by atoms with van der Waals surface area (Å²) >= 11 is 0. The van der Waals surface area contributed by atoms with E-state index in [-0.39, 0.29) is 23.7 Å². The van der Waals surface area contributed by atoms with Crippen molar-refractivity contribution in [2.24, 2.45) is 5.73 Å². The van der Waals surface area contributed by atoms with E-state index in [0.29, 0.717) is 13.0 Å². The second-order valence-corrected chi connectivity index (χ2v) is 5.20. The number of phenols is 1. The van der Waals surface area contributed by atoms with Crippen LogP contribution in [0.5, 0.6) is 5.75 Å². The van der Waals surface area contributed by atoms with Crippen LogP contribution in [0.3, 0.4) is 0 Å². The standard InChI is InChI=1S/C16H26N2O2/c1-4-7-14(17)11-16(20)18(5-2)12(3)13-8-6-9-15(19)10-13/h6,8-10,12,14,19H,4-5,7,11,17H2,1-3H3. The van der Waals surface area contributed by atoms with E-state index in [1.807, 2.05) is 24.8 Å². The number of rotatable bonds is 7. The molecule has 0 aromatic heterocycles. The highest BCUT2D eigenvalue weighted by atomic mass is 16.3. The molecule has 0 saturated heterocycles. The third kappa shape index (κ3) is 4.53. The molecule has 0 bridgehead atoms. The van der Waals surface area contributed by atoms with Gasteiger partial charge in [0.05, 0.1) is 6.04 Å². The van der Waals surface area contributed by atoms with E-state index in [4.69, 9.17) is 5.73 Å². The molecule has 0 saturated carbocycles. The summed E-state index contributed by atoms with van der Waals surface area (Å²) in [6, 6.07) is 6.92. The van der Waals surface area contributed by atoms with E-state index >= 15 is 0 Å². The van der Waals surface area contributed by atoms with Crippen molar-refractivity contribution < 1.29 is 9.90 Å². The third-order valence-corrected chi connectivity index (χ3v) is 3.58. The number of amides is 1. The Hall–Kier alpha value is -1.55. The molecule has 2 unspecified atom stereocenters. The summed E-state index contributed by atoms with van der Waals surface area (Å²) in [6.45, 7) is 6.63. The van der Waals surface area contributed by atoms with Gasteiger partial charge in [-0.15, -0.1) is 0 Å². The molecule has 2 atom stereocenters. The number of benzene rings is 1. The molecule has 20 heavy (non-hydrogen) atoms. The average Bonchev–Trinajstić information content (AvgIpc) is 2.39. The number of phenolic OH excluding ortho intramolecular Hbond substituents is 1. The third-order valence-electron chi connectivity index (χ3n) is 3.58. The van der Waals surface area contributed by atoms with E-state index in [2.05, 4.69) is 6.92 Å². The minimum Gasteiger partial charge on any atom is -0.508 e. The SMILES string of the molecule is CCCC(N)CC(=O)N(CC)C(C)c1cccc(O)c1. The lowest BCUT2D eigenvalue weighted by Crippen LogP contribution is -2.37. The predicted octanol–water partition coefficient (Wildman–Crippen LogP) is 2.82. The lowest BCUT2D eigenvalue weighted by atomic mass is 10.0. The van der Waals surface area contributed by atoms with E-state index in [9.17, 15) is 9.90 Å². The van der Waals surface area contributed by atoms with Gasteiger partial charge in [-0.25, -0.2) is 0 Å². The molecule has 1 amide bonds. The Morgan fingerprint density at radius 3 is 2.65 bits per heavy atom. The van der Waals surface area contributed by atoms with Crippen LogP contribution in [0, 0.1) is 0 Å². The first-order valence-corrected chi connectivity index (χ1v) is 7.33. The summed E-state index contributed by atoms with van der Waals surface area (Å²) in [7, 11) is 0. The zero-order valence-corrected chi connectivity index (χ0v) is 12.7. The Balaban J connectivity index is 2.76. The predicted molar refractivity (Wildman–Crippen MR) is 81.4 cm³/mol. The molecule has 0 fully saturated rings. The highest BCUT2D eigenvalue weighted by Gasteiger charge is 2.21. The molecule has 1 aromatic carbocycles. The largest absolute Gasteiger partial charge is 0.508 e. The van der Waals surface area contributed by atoms with Crippen LogP contribution in [0.4, 0.5) is 0 Å². The fraction of sp³-hybridized carbons (Fsp3) is 0.562. The van der Waals surface area contributed by atoms with Crippen molar-refractivity contribution in [3.05, 3.63) is 29.8 Å². The first-order valence-electron chi connectivity index (χ1n) is 7.33. The van der Waals surface area contributed by atoms with Gasteiger partial charge in [0.1, 0.15) is 5.75 Å². The average molecular weight is 278 g/mol. The maximum absolute atomic E-state index is 12.3. The van der Waals surface area contributed by atoms with Gasteiger partial charge in [-0.3, -0.25) is 4.79 Å². The second kappa shape index (κ2) is 7.90. The lowest BCUT2D eigenvalue weighted by Gasteiger charge is -2.29. The molecular weight excluding hydrogens is 252 g/mol. The van der Waals surface area contributed by atoms with E-state index < -0.39 is 0 Å². The fourth-order valence-corrected chi connectivity index (χ4v) is 2.45. The molecule has 112 valence electrons.